The van der Waals surface area contributed by atoms with Crippen molar-refractivity contribution in [1.29, 1.82) is 0 Å². The van der Waals surface area contributed by atoms with E-state index < -0.39 is 28.5 Å². The average Bonchev–Trinajstić information content (AvgIpc) is 2.97. The van der Waals surface area contributed by atoms with Crippen LogP contribution in [0.3, 0.4) is 0 Å². The summed E-state index contributed by atoms with van der Waals surface area (Å²) in [5.74, 6) is -0.333. The van der Waals surface area contributed by atoms with Crippen LogP contribution in [0.5, 0.6) is 11.5 Å². The van der Waals surface area contributed by atoms with Crippen LogP contribution in [-0.4, -0.2) is 58.5 Å². The number of hydrogen-bond acceptors (Lipinski definition) is 6. The molecule has 0 aliphatic rings. The van der Waals surface area contributed by atoms with Gasteiger partial charge in [-0.25, -0.2) is 8.42 Å². The van der Waals surface area contributed by atoms with E-state index in [0.29, 0.717) is 17.3 Å². The standard InChI is InChI=1S/C29H33BrClN3O6S/c1-5-15-32-29(36)20(2)33(18-21-7-6-8-22(30)16-21)28(35)19-34(24-11-9-23(31)10-12-24)41(37,38)25-13-14-26(39-3)27(17-25)40-4/h6-14,16-17,20H,5,15,18-19H2,1-4H3,(H,32,36). The van der Waals surface area contributed by atoms with E-state index in [9.17, 15) is 18.0 Å². The summed E-state index contributed by atoms with van der Waals surface area (Å²) >= 11 is 9.52. The van der Waals surface area contributed by atoms with Gasteiger partial charge >= 0.3 is 0 Å². The number of amides is 2. The number of rotatable bonds is 13. The molecular weight excluding hydrogens is 634 g/mol. The van der Waals surface area contributed by atoms with E-state index in [2.05, 4.69) is 21.2 Å². The third-order valence-corrected chi connectivity index (χ3v) is 8.81. The van der Waals surface area contributed by atoms with Crippen LogP contribution < -0.4 is 19.1 Å². The fraction of sp³-hybridized carbons (Fsp3) is 0.310. The highest BCUT2D eigenvalue weighted by molar-refractivity contribution is 9.10. The van der Waals surface area contributed by atoms with E-state index in [1.54, 1.807) is 19.1 Å². The second-order valence-corrected chi connectivity index (χ2v) is 12.3. The number of methoxy groups -OCH3 is 2. The molecule has 1 unspecified atom stereocenters. The molecule has 1 N–H and O–H groups in total. The molecule has 0 heterocycles. The third kappa shape index (κ3) is 8.15. The zero-order valence-corrected chi connectivity index (χ0v) is 26.4. The number of carbonyl (C=O) groups is 2. The van der Waals surface area contributed by atoms with Gasteiger partial charge in [0.15, 0.2) is 11.5 Å². The highest BCUT2D eigenvalue weighted by Gasteiger charge is 2.33. The Kier molecular flexibility index (Phi) is 11.5. The van der Waals surface area contributed by atoms with Crippen LogP contribution in [0.1, 0.15) is 25.8 Å². The Labute approximate surface area is 254 Å². The van der Waals surface area contributed by atoms with Gasteiger partial charge < -0.3 is 19.7 Å². The van der Waals surface area contributed by atoms with E-state index in [1.165, 1.54) is 49.5 Å². The molecule has 0 bridgehead atoms. The fourth-order valence-corrected chi connectivity index (χ4v) is 6.05. The molecule has 0 spiro atoms. The summed E-state index contributed by atoms with van der Waals surface area (Å²) in [4.78, 5) is 28.2. The van der Waals surface area contributed by atoms with E-state index >= 15 is 0 Å². The van der Waals surface area contributed by atoms with Gasteiger partial charge in [0, 0.05) is 28.7 Å². The Bertz CT molecular complexity index is 1470. The molecule has 9 nitrogen and oxygen atoms in total. The molecule has 0 aromatic heterocycles. The Morgan fingerprint density at radius 1 is 1.00 bits per heavy atom. The second-order valence-electron chi connectivity index (χ2n) is 9.12. The van der Waals surface area contributed by atoms with Gasteiger partial charge in [-0.05, 0) is 67.4 Å². The SMILES string of the molecule is CCCNC(=O)C(C)N(Cc1cccc(Br)c1)C(=O)CN(c1ccc(Cl)cc1)S(=O)(=O)c1ccc(OC)c(OC)c1. The molecule has 3 aromatic rings. The Balaban J connectivity index is 2.06. The second kappa shape index (κ2) is 14.6. The minimum atomic E-state index is -4.29. The number of nitrogens with zero attached hydrogens (tertiary/aromatic N) is 2. The first-order chi connectivity index (χ1) is 19.5. The molecule has 12 heteroatoms. The first-order valence-electron chi connectivity index (χ1n) is 12.8. The summed E-state index contributed by atoms with van der Waals surface area (Å²) in [5.41, 5.74) is 0.992. The number of hydrogen-bond donors (Lipinski definition) is 1. The van der Waals surface area contributed by atoms with Crippen molar-refractivity contribution >= 4 is 55.1 Å². The van der Waals surface area contributed by atoms with Gasteiger partial charge in [0.1, 0.15) is 12.6 Å². The molecule has 0 radical (unpaired) electrons. The predicted molar refractivity (Wildman–Crippen MR) is 163 cm³/mol. The van der Waals surface area contributed by atoms with Gasteiger partial charge in [-0.2, -0.15) is 0 Å². The molecule has 3 aromatic carbocycles. The molecule has 220 valence electrons. The monoisotopic (exact) mass is 665 g/mol. The van der Waals surface area contributed by atoms with Crippen molar-refractivity contribution in [1.82, 2.24) is 10.2 Å². The largest absolute Gasteiger partial charge is 0.493 e. The van der Waals surface area contributed by atoms with Crippen molar-refractivity contribution < 1.29 is 27.5 Å². The summed E-state index contributed by atoms with van der Waals surface area (Å²) < 4.78 is 40.4. The first-order valence-corrected chi connectivity index (χ1v) is 15.4. The van der Waals surface area contributed by atoms with Crippen LogP contribution in [0, 0.1) is 0 Å². The van der Waals surface area contributed by atoms with E-state index in [4.69, 9.17) is 21.1 Å². The number of anilines is 1. The van der Waals surface area contributed by atoms with Crippen molar-refractivity contribution in [3.05, 3.63) is 81.8 Å². The van der Waals surface area contributed by atoms with E-state index in [-0.39, 0.29) is 28.8 Å². The van der Waals surface area contributed by atoms with Gasteiger partial charge in [-0.1, -0.05) is 46.6 Å². The normalized spacial score (nSPS) is 11.9. The maximum absolute atomic E-state index is 14.0. The van der Waals surface area contributed by atoms with Crippen LogP contribution >= 0.6 is 27.5 Å². The van der Waals surface area contributed by atoms with Crippen molar-refractivity contribution in [3.8, 4) is 11.5 Å². The molecule has 0 saturated heterocycles. The molecular formula is C29H33BrClN3O6S. The van der Waals surface area contributed by atoms with E-state index in [1.807, 2.05) is 31.2 Å². The minimum absolute atomic E-state index is 0.0872. The van der Waals surface area contributed by atoms with Crippen LogP contribution in [-0.2, 0) is 26.2 Å². The summed E-state index contributed by atoms with van der Waals surface area (Å²) in [5, 5.41) is 3.22. The van der Waals surface area contributed by atoms with Gasteiger partial charge in [0.2, 0.25) is 11.8 Å². The lowest BCUT2D eigenvalue weighted by molar-refractivity contribution is -0.139. The van der Waals surface area contributed by atoms with E-state index in [0.717, 1.165) is 20.8 Å². The molecule has 0 fully saturated rings. The third-order valence-electron chi connectivity index (χ3n) is 6.29. The first kappa shape index (κ1) is 32.2. The number of benzene rings is 3. The maximum atomic E-state index is 14.0. The lowest BCUT2D eigenvalue weighted by Gasteiger charge is -2.32. The molecule has 0 aliphatic heterocycles. The molecule has 41 heavy (non-hydrogen) atoms. The van der Waals surface area contributed by atoms with Crippen molar-refractivity contribution in [2.75, 3.05) is 31.6 Å². The van der Waals surface area contributed by atoms with Gasteiger partial charge in [-0.3, -0.25) is 13.9 Å². The van der Waals surface area contributed by atoms with Crippen LogP contribution in [0.4, 0.5) is 5.69 Å². The topological polar surface area (TPSA) is 105 Å². The molecule has 0 aliphatic carbocycles. The Hall–Kier alpha value is -3.28. The predicted octanol–water partition coefficient (Wildman–Crippen LogP) is 5.26. The maximum Gasteiger partial charge on any atom is 0.264 e. The molecule has 3 rings (SSSR count). The fourth-order valence-electron chi connectivity index (χ4n) is 4.05. The average molecular weight is 667 g/mol. The van der Waals surface area contributed by atoms with Gasteiger partial charge in [0.05, 0.1) is 24.8 Å². The van der Waals surface area contributed by atoms with Crippen LogP contribution in [0.2, 0.25) is 5.02 Å². The lowest BCUT2D eigenvalue weighted by atomic mass is 10.1. The van der Waals surface area contributed by atoms with Gasteiger partial charge in [-0.15, -0.1) is 0 Å². The summed E-state index contributed by atoms with van der Waals surface area (Å²) in [6, 6.07) is 16.8. The molecule has 0 saturated carbocycles. The highest BCUT2D eigenvalue weighted by atomic mass is 79.9. The highest BCUT2D eigenvalue weighted by Crippen LogP contribution is 2.32. The Morgan fingerprint density at radius 2 is 1.68 bits per heavy atom. The van der Waals surface area contributed by atoms with Gasteiger partial charge in [0.25, 0.3) is 10.0 Å². The van der Waals surface area contributed by atoms with Crippen LogP contribution in [0.25, 0.3) is 0 Å². The quantitative estimate of drug-likeness (QED) is 0.267. The van der Waals surface area contributed by atoms with Crippen molar-refractivity contribution in [2.24, 2.45) is 0 Å². The number of nitrogens with one attached hydrogen (secondary N) is 1. The number of ether oxygens (including phenoxy) is 2. The number of halogens is 2. The number of carbonyl (C=O) groups excluding carboxylic acids is 2. The Morgan fingerprint density at radius 3 is 2.29 bits per heavy atom. The summed E-state index contributed by atoms with van der Waals surface area (Å²) in [6.45, 7) is 3.52. The van der Waals surface area contributed by atoms with Crippen molar-refractivity contribution in [3.63, 3.8) is 0 Å². The zero-order valence-electron chi connectivity index (χ0n) is 23.3. The molecule has 1 atom stereocenters. The molecule has 2 amide bonds. The smallest absolute Gasteiger partial charge is 0.264 e. The summed E-state index contributed by atoms with van der Waals surface area (Å²) in [6.07, 6.45) is 0.728. The lowest BCUT2D eigenvalue weighted by Crippen LogP contribution is -2.51. The summed E-state index contributed by atoms with van der Waals surface area (Å²) in [7, 11) is -1.44. The zero-order chi connectivity index (χ0) is 30.2. The number of sulfonamides is 1. The van der Waals surface area contributed by atoms with Crippen molar-refractivity contribution in [2.45, 2.75) is 37.8 Å². The van der Waals surface area contributed by atoms with Crippen LogP contribution in [0.15, 0.2) is 76.1 Å². The minimum Gasteiger partial charge on any atom is -0.493 e.